The van der Waals surface area contributed by atoms with Crippen molar-refractivity contribution in [3.05, 3.63) is 63.6 Å². The molecule has 0 saturated heterocycles. The predicted molar refractivity (Wildman–Crippen MR) is 127 cm³/mol. The van der Waals surface area contributed by atoms with Crippen LogP contribution < -0.4 is 20.9 Å². The Morgan fingerprint density at radius 1 is 1.00 bits per heavy atom. The molecule has 0 aliphatic carbocycles. The Morgan fingerprint density at radius 3 is 2.47 bits per heavy atom. The van der Waals surface area contributed by atoms with E-state index in [0.29, 0.717) is 17.2 Å². The lowest BCUT2D eigenvalue weighted by atomic mass is 10.2. The third-order valence-electron chi connectivity index (χ3n) is 3.87. The Morgan fingerprint density at radius 2 is 1.75 bits per heavy atom. The number of nitrogens with one attached hydrogen (secondary N) is 3. The van der Waals surface area contributed by atoms with E-state index in [9.17, 15) is 14.4 Å². The van der Waals surface area contributed by atoms with Crippen molar-refractivity contribution >= 4 is 62.6 Å². The highest BCUT2D eigenvalue weighted by Gasteiger charge is 2.11. The summed E-state index contributed by atoms with van der Waals surface area (Å²) >= 11 is 14.2. The fourth-order valence-corrected chi connectivity index (χ4v) is 3.23. The van der Waals surface area contributed by atoms with Crippen molar-refractivity contribution in [2.75, 3.05) is 13.2 Å². The number of amides is 2. The number of carbonyl (C=O) groups excluding carboxylic acids is 3. The maximum absolute atomic E-state index is 11.9. The van der Waals surface area contributed by atoms with E-state index in [1.807, 2.05) is 30.3 Å². The van der Waals surface area contributed by atoms with Crippen molar-refractivity contribution in [3.8, 4) is 5.75 Å². The van der Waals surface area contributed by atoms with Crippen molar-refractivity contribution in [2.24, 2.45) is 0 Å². The van der Waals surface area contributed by atoms with Crippen LogP contribution in [0.25, 0.3) is 0 Å². The van der Waals surface area contributed by atoms with Gasteiger partial charge >= 0.3 is 5.97 Å². The van der Waals surface area contributed by atoms with Crippen LogP contribution in [0, 0.1) is 0 Å². The molecule has 32 heavy (non-hydrogen) atoms. The van der Waals surface area contributed by atoms with E-state index in [1.165, 1.54) is 0 Å². The Bertz CT molecular complexity index is 962. The van der Waals surface area contributed by atoms with E-state index in [1.54, 1.807) is 18.2 Å². The molecule has 0 atom stereocenters. The first kappa shape index (κ1) is 25.6. The zero-order chi connectivity index (χ0) is 23.3. The molecular weight excluding hydrogens is 522 g/mol. The molecule has 2 aromatic carbocycles. The number of thiocarbonyl (C=S) groups is 1. The van der Waals surface area contributed by atoms with Crippen LogP contribution in [0.4, 0.5) is 0 Å². The minimum atomic E-state index is -0.539. The molecule has 0 aliphatic rings. The summed E-state index contributed by atoms with van der Waals surface area (Å²) in [5.74, 6) is -1.17. The number of esters is 1. The standard InChI is InChI=1S/C21H21BrClN3O5S/c22-15-6-7-17(16(23)12-15)31-13-19(28)25-26-21(32)24-18(27)8-9-20(29)30-11-10-14-4-2-1-3-5-14/h1-7,12H,8-11,13H2,(H,25,28)(H2,24,26,27,32). The monoisotopic (exact) mass is 541 g/mol. The van der Waals surface area contributed by atoms with E-state index in [0.717, 1.165) is 10.0 Å². The lowest BCUT2D eigenvalue weighted by molar-refractivity contribution is -0.144. The highest BCUT2D eigenvalue weighted by Crippen LogP contribution is 2.27. The molecular formula is C21H21BrClN3O5S. The van der Waals surface area contributed by atoms with E-state index in [2.05, 4.69) is 32.1 Å². The quantitative estimate of drug-likeness (QED) is 0.254. The van der Waals surface area contributed by atoms with Crippen molar-refractivity contribution in [1.82, 2.24) is 16.2 Å². The number of halogens is 2. The summed E-state index contributed by atoms with van der Waals surface area (Å²) in [5, 5.41) is 2.58. The highest BCUT2D eigenvalue weighted by molar-refractivity contribution is 9.10. The Kier molecular flexibility index (Phi) is 10.9. The van der Waals surface area contributed by atoms with Gasteiger partial charge in [-0.15, -0.1) is 0 Å². The summed E-state index contributed by atoms with van der Waals surface area (Å²) in [6, 6.07) is 14.6. The van der Waals surface area contributed by atoms with Gasteiger partial charge in [0.25, 0.3) is 5.91 Å². The molecule has 0 aromatic heterocycles. The topological polar surface area (TPSA) is 106 Å². The van der Waals surface area contributed by atoms with Gasteiger partial charge in [-0.2, -0.15) is 0 Å². The zero-order valence-corrected chi connectivity index (χ0v) is 20.0. The highest BCUT2D eigenvalue weighted by atomic mass is 79.9. The molecule has 11 heteroatoms. The van der Waals surface area contributed by atoms with E-state index >= 15 is 0 Å². The van der Waals surface area contributed by atoms with Crippen LogP contribution in [0.15, 0.2) is 53.0 Å². The lowest BCUT2D eigenvalue weighted by Crippen LogP contribution is -2.49. The van der Waals surface area contributed by atoms with Gasteiger partial charge in [0.15, 0.2) is 11.7 Å². The molecule has 170 valence electrons. The summed E-state index contributed by atoms with van der Waals surface area (Å²) in [7, 11) is 0. The van der Waals surface area contributed by atoms with Crippen molar-refractivity contribution in [2.45, 2.75) is 19.3 Å². The molecule has 2 amide bonds. The van der Waals surface area contributed by atoms with E-state index in [4.69, 9.17) is 33.3 Å². The molecule has 0 bridgehead atoms. The van der Waals surface area contributed by atoms with Crippen LogP contribution in [0.3, 0.4) is 0 Å². The van der Waals surface area contributed by atoms with Crippen LogP contribution >= 0.6 is 39.7 Å². The smallest absolute Gasteiger partial charge is 0.306 e. The average Bonchev–Trinajstić information content (AvgIpc) is 2.76. The maximum Gasteiger partial charge on any atom is 0.306 e. The van der Waals surface area contributed by atoms with Crippen LogP contribution in [0.1, 0.15) is 18.4 Å². The average molecular weight is 543 g/mol. The Hall–Kier alpha value is -2.69. The Labute approximate surface area is 204 Å². The van der Waals surface area contributed by atoms with E-state index in [-0.39, 0.29) is 31.2 Å². The second kappa shape index (κ2) is 13.7. The van der Waals surface area contributed by atoms with Crippen molar-refractivity contribution in [1.29, 1.82) is 0 Å². The van der Waals surface area contributed by atoms with Crippen molar-refractivity contribution < 1.29 is 23.9 Å². The maximum atomic E-state index is 11.9. The summed E-state index contributed by atoms with van der Waals surface area (Å²) in [4.78, 5) is 35.4. The molecule has 0 spiro atoms. The van der Waals surface area contributed by atoms with E-state index < -0.39 is 17.8 Å². The second-order valence-electron chi connectivity index (χ2n) is 6.37. The van der Waals surface area contributed by atoms with Gasteiger partial charge < -0.3 is 14.8 Å². The number of rotatable bonds is 9. The number of hydrogen-bond donors (Lipinski definition) is 3. The van der Waals surface area contributed by atoms with Gasteiger partial charge in [0.1, 0.15) is 5.75 Å². The van der Waals surface area contributed by atoms with Crippen molar-refractivity contribution in [3.63, 3.8) is 0 Å². The molecule has 8 nitrogen and oxygen atoms in total. The number of carbonyl (C=O) groups is 3. The molecule has 0 heterocycles. The van der Waals surface area contributed by atoms with Crippen LogP contribution in [-0.2, 0) is 25.5 Å². The summed E-state index contributed by atoms with van der Waals surface area (Å²) < 4.78 is 11.2. The first-order valence-corrected chi connectivity index (χ1v) is 11.1. The molecule has 0 saturated carbocycles. The molecule has 2 aromatic rings. The number of ether oxygens (including phenoxy) is 2. The fourth-order valence-electron chi connectivity index (χ4n) is 2.33. The van der Waals surface area contributed by atoms with Gasteiger partial charge in [0.05, 0.1) is 18.1 Å². The third kappa shape index (κ3) is 10.1. The fraction of sp³-hybridized carbons (Fsp3) is 0.238. The first-order chi connectivity index (χ1) is 15.3. The normalized spacial score (nSPS) is 10.1. The molecule has 0 unspecified atom stereocenters. The molecule has 0 fully saturated rings. The minimum absolute atomic E-state index is 0.0859. The summed E-state index contributed by atoms with van der Waals surface area (Å²) in [6.45, 7) is -0.0796. The third-order valence-corrected chi connectivity index (χ3v) is 4.87. The van der Waals surface area contributed by atoms with Crippen LogP contribution in [0.5, 0.6) is 5.75 Å². The minimum Gasteiger partial charge on any atom is -0.482 e. The van der Waals surface area contributed by atoms with Gasteiger partial charge in [0.2, 0.25) is 5.91 Å². The number of hydrogen-bond acceptors (Lipinski definition) is 6. The van der Waals surface area contributed by atoms with Crippen LogP contribution in [0.2, 0.25) is 5.02 Å². The molecule has 0 radical (unpaired) electrons. The second-order valence-corrected chi connectivity index (χ2v) is 8.10. The first-order valence-electron chi connectivity index (χ1n) is 9.49. The number of hydrazine groups is 1. The predicted octanol–water partition coefficient (Wildman–Crippen LogP) is 3.07. The number of benzene rings is 2. The molecule has 0 aliphatic heterocycles. The summed E-state index contributed by atoms with van der Waals surface area (Å²) in [6.07, 6.45) is 0.409. The van der Waals surface area contributed by atoms with Gasteiger partial charge in [-0.1, -0.05) is 57.9 Å². The zero-order valence-electron chi connectivity index (χ0n) is 16.9. The molecule has 2 rings (SSSR count). The van der Waals surface area contributed by atoms with Gasteiger partial charge in [-0.3, -0.25) is 25.2 Å². The van der Waals surface area contributed by atoms with Gasteiger partial charge in [0, 0.05) is 17.3 Å². The van der Waals surface area contributed by atoms with Gasteiger partial charge in [-0.05, 0) is 36.0 Å². The largest absolute Gasteiger partial charge is 0.482 e. The van der Waals surface area contributed by atoms with Gasteiger partial charge in [-0.25, -0.2) is 0 Å². The Balaban J connectivity index is 1.57. The SMILES string of the molecule is O=C(COc1ccc(Br)cc1Cl)NNC(=S)NC(=O)CCC(=O)OCCc1ccccc1. The lowest BCUT2D eigenvalue weighted by Gasteiger charge is -2.12. The molecule has 3 N–H and O–H groups in total. The van der Waals surface area contributed by atoms with Crippen LogP contribution in [-0.4, -0.2) is 36.1 Å². The summed E-state index contributed by atoms with van der Waals surface area (Å²) in [5.41, 5.74) is 5.72.